The first-order chi connectivity index (χ1) is 6.45. The molecule has 14 heavy (non-hydrogen) atoms. The molecule has 0 aliphatic heterocycles. The standard InChI is InChI=1S/C10H12O4/c1-5-3-4-6(2)8(11)7(5)9(12)10(13)14/h3-4,9,11-12H,1-2H3,(H,13,14). The molecule has 4 nitrogen and oxygen atoms in total. The molecule has 3 N–H and O–H groups in total. The Bertz CT molecular complexity index is 371. The first-order valence-electron chi connectivity index (χ1n) is 4.15. The van der Waals surface area contributed by atoms with Gasteiger partial charge in [0, 0.05) is 5.56 Å². The van der Waals surface area contributed by atoms with Gasteiger partial charge < -0.3 is 15.3 Å². The molecular weight excluding hydrogens is 184 g/mol. The highest BCUT2D eigenvalue weighted by molar-refractivity contribution is 5.76. The second-order valence-electron chi connectivity index (χ2n) is 3.20. The summed E-state index contributed by atoms with van der Waals surface area (Å²) < 4.78 is 0. The van der Waals surface area contributed by atoms with Gasteiger partial charge >= 0.3 is 5.97 Å². The van der Waals surface area contributed by atoms with Crippen LogP contribution in [0.15, 0.2) is 12.1 Å². The van der Waals surface area contributed by atoms with Gasteiger partial charge in [-0.15, -0.1) is 0 Å². The lowest BCUT2D eigenvalue weighted by Crippen LogP contribution is -2.12. The number of aromatic hydroxyl groups is 1. The predicted octanol–water partition coefficient (Wildman–Crippen LogP) is 1.13. The summed E-state index contributed by atoms with van der Waals surface area (Å²) in [5.74, 6) is -1.52. The third kappa shape index (κ3) is 1.70. The Balaban J connectivity index is 3.32. The second kappa shape index (κ2) is 3.67. The number of carboxylic acids is 1. The van der Waals surface area contributed by atoms with E-state index >= 15 is 0 Å². The minimum absolute atomic E-state index is 0.0671. The molecule has 76 valence electrons. The number of aryl methyl sites for hydroxylation is 2. The van der Waals surface area contributed by atoms with E-state index in [0.29, 0.717) is 11.1 Å². The minimum atomic E-state index is -1.67. The second-order valence-corrected chi connectivity index (χ2v) is 3.20. The van der Waals surface area contributed by atoms with Crippen LogP contribution < -0.4 is 0 Å². The number of carboxylic acid groups (broad SMARTS) is 1. The van der Waals surface area contributed by atoms with Crippen LogP contribution in [-0.4, -0.2) is 21.3 Å². The maximum absolute atomic E-state index is 10.6. The number of hydrogen-bond donors (Lipinski definition) is 3. The van der Waals surface area contributed by atoms with E-state index in [1.54, 1.807) is 26.0 Å². The Labute approximate surface area is 81.4 Å². The number of rotatable bonds is 2. The van der Waals surface area contributed by atoms with Crippen LogP contribution in [0.25, 0.3) is 0 Å². The van der Waals surface area contributed by atoms with Crippen LogP contribution in [0.2, 0.25) is 0 Å². The number of phenols is 1. The van der Waals surface area contributed by atoms with E-state index in [1.807, 2.05) is 0 Å². The van der Waals surface area contributed by atoms with Crippen molar-refractivity contribution in [2.24, 2.45) is 0 Å². The lowest BCUT2D eigenvalue weighted by molar-refractivity contribution is -0.147. The first-order valence-corrected chi connectivity index (χ1v) is 4.15. The molecule has 1 rings (SSSR count). The number of benzene rings is 1. The van der Waals surface area contributed by atoms with Crippen LogP contribution in [0, 0.1) is 13.8 Å². The normalized spacial score (nSPS) is 12.5. The van der Waals surface area contributed by atoms with Gasteiger partial charge in [0.1, 0.15) is 5.75 Å². The maximum atomic E-state index is 10.6. The average molecular weight is 196 g/mol. The van der Waals surface area contributed by atoms with Crippen molar-refractivity contribution in [3.8, 4) is 5.75 Å². The fourth-order valence-corrected chi connectivity index (χ4v) is 1.29. The van der Waals surface area contributed by atoms with Crippen molar-refractivity contribution in [1.82, 2.24) is 0 Å². The molecule has 0 saturated heterocycles. The Morgan fingerprint density at radius 1 is 1.29 bits per heavy atom. The Hall–Kier alpha value is -1.55. The Kier molecular flexibility index (Phi) is 2.76. The fraction of sp³-hybridized carbons (Fsp3) is 0.300. The lowest BCUT2D eigenvalue weighted by atomic mass is 9.99. The number of aliphatic hydroxyl groups is 1. The van der Waals surface area contributed by atoms with Crippen molar-refractivity contribution in [2.75, 3.05) is 0 Å². The van der Waals surface area contributed by atoms with Gasteiger partial charge in [-0.3, -0.25) is 0 Å². The molecule has 0 heterocycles. The van der Waals surface area contributed by atoms with Crippen molar-refractivity contribution in [1.29, 1.82) is 0 Å². The van der Waals surface area contributed by atoms with Crippen molar-refractivity contribution in [2.45, 2.75) is 20.0 Å². The molecule has 0 aliphatic rings. The molecule has 0 spiro atoms. The smallest absolute Gasteiger partial charge is 0.337 e. The van der Waals surface area contributed by atoms with Gasteiger partial charge in [0.05, 0.1) is 0 Å². The molecule has 1 unspecified atom stereocenters. The molecule has 0 aromatic heterocycles. The van der Waals surface area contributed by atoms with Crippen LogP contribution in [0.5, 0.6) is 5.75 Å². The molecule has 1 aromatic carbocycles. The molecule has 0 amide bonds. The zero-order chi connectivity index (χ0) is 10.9. The number of hydrogen-bond acceptors (Lipinski definition) is 3. The Morgan fingerprint density at radius 3 is 2.29 bits per heavy atom. The summed E-state index contributed by atoms with van der Waals surface area (Å²) in [5.41, 5.74) is 1.17. The molecule has 4 heteroatoms. The highest BCUT2D eigenvalue weighted by Gasteiger charge is 2.22. The van der Waals surface area contributed by atoms with Gasteiger partial charge in [-0.2, -0.15) is 0 Å². The minimum Gasteiger partial charge on any atom is -0.507 e. The number of aliphatic hydroxyl groups excluding tert-OH is 1. The van der Waals surface area contributed by atoms with Gasteiger partial charge in [0.25, 0.3) is 0 Å². The lowest BCUT2D eigenvalue weighted by Gasteiger charge is -2.13. The molecule has 0 aliphatic carbocycles. The molecule has 0 fully saturated rings. The van der Waals surface area contributed by atoms with Gasteiger partial charge in [0.2, 0.25) is 0 Å². The van der Waals surface area contributed by atoms with Crippen molar-refractivity contribution >= 4 is 5.97 Å². The van der Waals surface area contributed by atoms with Crippen molar-refractivity contribution in [3.05, 3.63) is 28.8 Å². The van der Waals surface area contributed by atoms with Crippen LogP contribution in [-0.2, 0) is 4.79 Å². The molecule has 0 bridgehead atoms. The summed E-state index contributed by atoms with van der Waals surface area (Å²) in [4.78, 5) is 10.6. The maximum Gasteiger partial charge on any atom is 0.337 e. The molecule has 1 aromatic rings. The average Bonchev–Trinajstić information content (AvgIpc) is 2.12. The molecule has 0 radical (unpaired) electrons. The molecule has 1 atom stereocenters. The summed E-state index contributed by atoms with van der Waals surface area (Å²) >= 11 is 0. The summed E-state index contributed by atoms with van der Waals surface area (Å²) in [6.45, 7) is 3.29. The first kappa shape index (κ1) is 10.5. The van der Waals surface area contributed by atoms with E-state index in [2.05, 4.69) is 0 Å². The highest BCUT2D eigenvalue weighted by atomic mass is 16.4. The zero-order valence-corrected chi connectivity index (χ0v) is 7.98. The SMILES string of the molecule is Cc1ccc(C)c(C(O)C(=O)O)c1O. The van der Waals surface area contributed by atoms with Crippen LogP contribution in [0.3, 0.4) is 0 Å². The third-order valence-corrected chi connectivity index (χ3v) is 2.14. The van der Waals surface area contributed by atoms with E-state index in [4.69, 9.17) is 5.11 Å². The zero-order valence-electron chi connectivity index (χ0n) is 7.98. The number of phenolic OH excluding ortho intramolecular Hbond substituents is 1. The van der Waals surface area contributed by atoms with E-state index in [9.17, 15) is 15.0 Å². The summed E-state index contributed by atoms with van der Waals surface area (Å²) in [6, 6.07) is 3.33. The number of carbonyl (C=O) groups is 1. The summed E-state index contributed by atoms with van der Waals surface area (Å²) in [7, 11) is 0. The van der Waals surface area contributed by atoms with E-state index in [1.165, 1.54) is 0 Å². The van der Waals surface area contributed by atoms with Crippen LogP contribution in [0.4, 0.5) is 0 Å². The molecular formula is C10H12O4. The topological polar surface area (TPSA) is 77.8 Å². The van der Waals surface area contributed by atoms with Crippen LogP contribution in [0.1, 0.15) is 22.8 Å². The number of aliphatic carboxylic acids is 1. The quantitative estimate of drug-likeness (QED) is 0.662. The van der Waals surface area contributed by atoms with Crippen LogP contribution >= 0.6 is 0 Å². The highest BCUT2D eigenvalue weighted by Crippen LogP contribution is 2.30. The summed E-state index contributed by atoms with van der Waals surface area (Å²) in [5, 5.41) is 27.5. The van der Waals surface area contributed by atoms with Crippen molar-refractivity contribution in [3.63, 3.8) is 0 Å². The van der Waals surface area contributed by atoms with Gasteiger partial charge in [-0.1, -0.05) is 12.1 Å². The van der Waals surface area contributed by atoms with Crippen molar-refractivity contribution < 1.29 is 20.1 Å². The molecule has 0 saturated carbocycles. The largest absolute Gasteiger partial charge is 0.507 e. The van der Waals surface area contributed by atoms with Gasteiger partial charge in [0.15, 0.2) is 6.10 Å². The summed E-state index contributed by atoms with van der Waals surface area (Å²) in [6.07, 6.45) is -1.67. The Morgan fingerprint density at radius 2 is 1.79 bits per heavy atom. The van der Waals surface area contributed by atoms with E-state index in [-0.39, 0.29) is 11.3 Å². The predicted molar refractivity (Wildman–Crippen MR) is 50.2 cm³/mol. The fourth-order valence-electron chi connectivity index (χ4n) is 1.29. The van der Waals surface area contributed by atoms with Gasteiger partial charge in [-0.05, 0) is 25.0 Å². The monoisotopic (exact) mass is 196 g/mol. The third-order valence-electron chi connectivity index (χ3n) is 2.14. The van der Waals surface area contributed by atoms with E-state index in [0.717, 1.165) is 0 Å². The van der Waals surface area contributed by atoms with E-state index < -0.39 is 12.1 Å². The van der Waals surface area contributed by atoms with Gasteiger partial charge in [-0.25, -0.2) is 4.79 Å².